The molecule has 2 rings (SSSR count). The van der Waals surface area contributed by atoms with Crippen LogP contribution in [-0.4, -0.2) is 16.1 Å². The second-order valence-electron chi connectivity index (χ2n) is 4.60. The minimum Gasteiger partial charge on any atom is -0.328 e. The van der Waals surface area contributed by atoms with E-state index in [1.807, 2.05) is 12.5 Å². The molecule has 0 atom stereocenters. The van der Waals surface area contributed by atoms with Crippen molar-refractivity contribution in [3.8, 4) is 0 Å². The SMILES string of the molecule is CCC(CC)(CN)n1cncc1C1CC1. The van der Waals surface area contributed by atoms with Crippen molar-refractivity contribution >= 4 is 0 Å². The molecule has 1 fully saturated rings. The molecule has 1 aliphatic carbocycles. The van der Waals surface area contributed by atoms with Gasteiger partial charge in [0.1, 0.15) is 0 Å². The standard InChI is InChI=1S/C12H21N3/c1-3-12(4-2,8-13)15-9-14-7-11(15)10-5-6-10/h7,9-10H,3-6,8,13H2,1-2H3. The van der Waals surface area contributed by atoms with Crippen molar-refractivity contribution in [2.24, 2.45) is 5.73 Å². The molecule has 0 saturated heterocycles. The molecule has 0 radical (unpaired) electrons. The van der Waals surface area contributed by atoms with Crippen LogP contribution in [0.2, 0.25) is 0 Å². The summed E-state index contributed by atoms with van der Waals surface area (Å²) in [4.78, 5) is 4.30. The van der Waals surface area contributed by atoms with E-state index < -0.39 is 0 Å². The highest BCUT2D eigenvalue weighted by molar-refractivity contribution is 5.15. The predicted molar refractivity (Wildman–Crippen MR) is 61.8 cm³/mol. The van der Waals surface area contributed by atoms with Gasteiger partial charge in [-0.05, 0) is 25.7 Å². The Morgan fingerprint density at radius 1 is 1.47 bits per heavy atom. The monoisotopic (exact) mass is 207 g/mol. The maximum atomic E-state index is 5.96. The second-order valence-corrected chi connectivity index (χ2v) is 4.60. The zero-order chi connectivity index (χ0) is 10.9. The van der Waals surface area contributed by atoms with E-state index in [1.54, 1.807) is 0 Å². The van der Waals surface area contributed by atoms with Gasteiger partial charge in [-0.1, -0.05) is 13.8 Å². The van der Waals surface area contributed by atoms with Crippen molar-refractivity contribution in [2.45, 2.75) is 51.0 Å². The molecular formula is C12H21N3. The van der Waals surface area contributed by atoms with Crippen molar-refractivity contribution < 1.29 is 0 Å². The first-order valence-corrected chi connectivity index (χ1v) is 6.00. The number of imidazole rings is 1. The second kappa shape index (κ2) is 3.97. The Bertz CT molecular complexity index is 313. The Hall–Kier alpha value is -0.830. The average Bonchev–Trinajstić information content (AvgIpc) is 3.01. The van der Waals surface area contributed by atoms with E-state index in [0.29, 0.717) is 6.54 Å². The maximum absolute atomic E-state index is 5.96. The summed E-state index contributed by atoms with van der Waals surface area (Å²) in [6.07, 6.45) is 8.78. The van der Waals surface area contributed by atoms with Crippen LogP contribution >= 0.6 is 0 Å². The van der Waals surface area contributed by atoms with Crippen molar-refractivity contribution in [3.05, 3.63) is 18.2 Å². The zero-order valence-electron chi connectivity index (χ0n) is 9.74. The molecule has 3 heteroatoms. The molecule has 0 amide bonds. The van der Waals surface area contributed by atoms with E-state index in [4.69, 9.17) is 5.73 Å². The minimum absolute atomic E-state index is 0.0917. The first-order valence-electron chi connectivity index (χ1n) is 6.00. The van der Waals surface area contributed by atoms with Crippen LogP contribution in [0.1, 0.15) is 51.1 Å². The van der Waals surface area contributed by atoms with Crippen molar-refractivity contribution in [3.63, 3.8) is 0 Å². The lowest BCUT2D eigenvalue weighted by molar-refractivity contribution is 0.264. The third-order valence-corrected chi connectivity index (χ3v) is 3.87. The number of hydrogen-bond acceptors (Lipinski definition) is 2. The first kappa shape index (κ1) is 10.7. The summed E-state index contributed by atoms with van der Waals surface area (Å²) in [6.45, 7) is 5.14. The van der Waals surface area contributed by atoms with Gasteiger partial charge in [0.05, 0.1) is 11.9 Å². The zero-order valence-corrected chi connectivity index (χ0v) is 9.74. The topological polar surface area (TPSA) is 43.8 Å². The lowest BCUT2D eigenvalue weighted by atomic mass is 9.92. The largest absolute Gasteiger partial charge is 0.328 e. The lowest BCUT2D eigenvalue weighted by Gasteiger charge is -2.33. The Kier molecular flexibility index (Phi) is 2.83. The molecule has 1 aromatic rings. The van der Waals surface area contributed by atoms with Gasteiger partial charge in [0.25, 0.3) is 0 Å². The van der Waals surface area contributed by atoms with Crippen molar-refractivity contribution in [1.82, 2.24) is 9.55 Å². The highest BCUT2D eigenvalue weighted by Crippen LogP contribution is 2.42. The molecule has 1 heterocycles. The quantitative estimate of drug-likeness (QED) is 0.804. The number of aromatic nitrogens is 2. The summed E-state index contributed by atoms with van der Waals surface area (Å²) in [5, 5.41) is 0. The molecule has 0 spiro atoms. The number of hydrogen-bond donors (Lipinski definition) is 1. The Morgan fingerprint density at radius 2 is 2.13 bits per heavy atom. The van der Waals surface area contributed by atoms with Gasteiger partial charge in [-0.15, -0.1) is 0 Å². The predicted octanol–water partition coefficient (Wildman–Crippen LogP) is 2.23. The third kappa shape index (κ3) is 1.69. The summed E-state index contributed by atoms with van der Waals surface area (Å²) in [7, 11) is 0. The number of nitrogens with zero attached hydrogens (tertiary/aromatic N) is 2. The van der Waals surface area contributed by atoms with Gasteiger partial charge < -0.3 is 10.3 Å². The van der Waals surface area contributed by atoms with E-state index in [9.17, 15) is 0 Å². The van der Waals surface area contributed by atoms with E-state index in [0.717, 1.165) is 18.8 Å². The van der Waals surface area contributed by atoms with E-state index in [2.05, 4.69) is 23.4 Å². The molecule has 84 valence electrons. The molecule has 0 aromatic carbocycles. The van der Waals surface area contributed by atoms with Crippen LogP contribution < -0.4 is 5.73 Å². The fourth-order valence-electron chi connectivity index (χ4n) is 2.36. The first-order chi connectivity index (χ1) is 7.27. The van der Waals surface area contributed by atoms with Gasteiger partial charge in [-0.3, -0.25) is 0 Å². The van der Waals surface area contributed by atoms with Gasteiger partial charge in [0.2, 0.25) is 0 Å². The smallest absolute Gasteiger partial charge is 0.0953 e. The van der Waals surface area contributed by atoms with Crippen molar-refractivity contribution in [2.75, 3.05) is 6.54 Å². The Labute approximate surface area is 91.7 Å². The van der Waals surface area contributed by atoms with Gasteiger partial charge >= 0.3 is 0 Å². The van der Waals surface area contributed by atoms with Crippen LogP contribution in [0, 0.1) is 0 Å². The van der Waals surface area contributed by atoms with E-state index in [1.165, 1.54) is 18.5 Å². The van der Waals surface area contributed by atoms with E-state index in [-0.39, 0.29) is 5.54 Å². The van der Waals surface area contributed by atoms with Crippen LogP contribution in [0.4, 0.5) is 0 Å². The molecule has 0 unspecified atom stereocenters. The summed E-state index contributed by atoms with van der Waals surface area (Å²) >= 11 is 0. The van der Waals surface area contributed by atoms with Crippen LogP contribution in [-0.2, 0) is 5.54 Å². The summed E-state index contributed by atoms with van der Waals surface area (Å²) in [5.74, 6) is 0.747. The molecule has 1 aliphatic rings. The summed E-state index contributed by atoms with van der Waals surface area (Å²) in [6, 6.07) is 0. The van der Waals surface area contributed by atoms with Gasteiger partial charge in [0.15, 0.2) is 0 Å². The summed E-state index contributed by atoms with van der Waals surface area (Å²) in [5.41, 5.74) is 7.45. The summed E-state index contributed by atoms with van der Waals surface area (Å²) < 4.78 is 2.34. The molecule has 0 bridgehead atoms. The van der Waals surface area contributed by atoms with Gasteiger partial charge in [-0.25, -0.2) is 4.98 Å². The molecule has 1 aromatic heterocycles. The normalized spacial score (nSPS) is 17.0. The average molecular weight is 207 g/mol. The van der Waals surface area contributed by atoms with Crippen LogP contribution in [0.3, 0.4) is 0 Å². The fraction of sp³-hybridized carbons (Fsp3) is 0.750. The van der Waals surface area contributed by atoms with Crippen LogP contribution in [0.5, 0.6) is 0 Å². The highest BCUT2D eigenvalue weighted by atomic mass is 15.1. The minimum atomic E-state index is 0.0917. The molecule has 1 saturated carbocycles. The highest BCUT2D eigenvalue weighted by Gasteiger charge is 2.34. The van der Waals surface area contributed by atoms with Crippen molar-refractivity contribution in [1.29, 1.82) is 0 Å². The Morgan fingerprint density at radius 3 is 2.60 bits per heavy atom. The lowest BCUT2D eigenvalue weighted by Crippen LogP contribution is -2.40. The molecule has 3 nitrogen and oxygen atoms in total. The third-order valence-electron chi connectivity index (χ3n) is 3.87. The van der Waals surface area contributed by atoms with Crippen LogP contribution in [0.15, 0.2) is 12.5 Å². The molecule has 0 aliphatic heterocycles. The van der Waals surface area contributed by atoms with Crippen LogP contribution in [0.25, 0.3) is 0 Å². The Balaban J connectivity index is 2.36. The van der Waals surface area contributed by atoms with Gasteiger partial charge in [0, 0.05) is 24.4 Å². The number of nitrogens with two attached hydrogens (primary N) is 1. The fourth-order valence-corrected chi connectivity index (χ4v) is 2.36. The molecule has 15 heavy (non-hydrogen) atoms. The molecule has 2 N–H and O–H groups in total. The van der Waals surface area contributed by atoms with E-state index >= 15 is 0 Å². The number of rotatable bonds is 5. The van der Waals surface area contributed by atoms with Gasteiger partial charge in [-0.2, -0.15) is 0 Å². The maximum Gasteiger partial charge on any atom is 0.0953 e. The molecular weight excluding hydrogens is 186 g/mol.